The van der Waals surface area contributed by atoms with Crippen LogP contribution in [0, 0.1) is 0 Å². The molecule has 2 atom stereocenters. The van der Waals surface area contributed by atoms with Crippen LogP contribution in [0.1, 0.15) is 162 Å². The van der Waals surface area contributed by atoms with Crippen molar-refractivity contribution < 1.29 is 4.79 Å². The first-order valence-corrected chi connectivity index (χ1v) is 16.3. The molecule has 0 saturated heterocycles. The van der Waals surface area contributed by atoms with E-state index in [0.717, 1.165) is 25.0 Å². The van der Waals surface area contributed by atoms with Crippen LogP contribution < -0.4 is 10.6 Å². The standard InChI is InChI=1S/C34H62N2O/c1-4-6-8-10-12-14-16-18-20-22-24-26-28-31(3)35-32-30-33(32)36-34(37)29-27-25-23-21-19-17-15-13-11-9-7-5-2/h26-29,32-33,35H,3-25,30H2,1-2H3,(H,36,37)/b28-26+,29-27+/t32-,33+/m1/s1. The van der Waals surface area contributed by atoms with Gasteiger partial charge in [-0.1, -0.05) is 148 Å². The summed E-state index contributed by atoms with van der Waals surface area (Å²) in [4.78, 5) is 12.1. The van der Waals surface area contributed by atoms with Crippen LogP contribution in [-0.4, -0.2) is 18.0 Å². The molecule has 1 rings (SSSR count). The number of hydrogen-bond donors (Lipinski definition) is 2. The van der Waals surface area contributed by atoms with Gasteiger partial charge in [0, 0.05) is 11.7 Å². The van der Waals surface area contributed by atoms with Gasteiger partial charge >= 0.3 is 0 Å². The van der Waals surface area contributed by atoms with E-state index in [9.17, 15) is 4.79 Å². The maximum atomic E-state index is 12.1. The van der Waals surface area contributed by atoms with Crippen molar-refractivity contribution in [3.63, 3.8) is 0 Å². The third-order valence-corrected chi connectivity index (χ3v) is 7.53. The van der Waals surface area contributed by atoms with Crippen molar-refractivity contribution in [2.75, 3.05) is 0 Å². The van der Waals surface area contributed by atoms with E-state index < -0.39 is 0 Å². The molecular weight excluding hydrogens is 452 g/mol. The van der Waals surface area contributed by atoms with Crippen molar-refractivity contribution in [3.8, 4) is 0 Å². The summed E-state index contributed by atoms with van der Waals surface area (Å²) in [6.07, 6.45) is 38.6. The molecule has 0 unspecified atom stereocenters. The van der Waals surface area contributed by atoms with Crippen molar-refractivity contribution in [2.24, 2.45) is 0 Å². The lowest BCUT2D eigenvalue weighted by Crippen LogP contribution is -2.30. The fraction of sp³-hybridized carbons (Fsp3) is 0.794. The molecule has 37 heavy (non-hydrogen) atoms. The van der Waals surface area contributed by atoms with E-state index in [1.807, 2.05) is 6.08 Å². The van der Waals surface area contributed by atoms with E-state index >= 15 is 0 Å². The van der Waals surface area contributed by atoms with Gasteiger partial charge in [0.25, 0.3) is 0 Å². The molecule has 0 radical (unpaired) electrons. The highest BCUT2D eigenvalue weighted by atomic mass is 16.1. The fourth-order valence-corrected chi connectivity index (χ4v) is 4.95. The summed E-state index contributed by atoms with van der Waals surface area (Å²) >= 11 is 0. The van der Waals surface area contributed by atoms with Gasteiger partial charge in [0.05, 0.1) is 6.04 Å². The minimum absolute atomic E-state index is 0.0449. The number of rotatable bonds is 27. The lowest BCUT2D eigenvalue weighted by Gasteiger charge is -2.06. The van der Waals surface area contributed by atoms with E-state index in [1.165, 1.54) is 128 Å². The Morgan fingerprint density at radius 2 is 0.973 bits per heavy atom. The first kappa shape index (κ1) is 33.5. The summed E-state index contributed by atoms with van der Waals surface area (Å²) in [7, 11) is 0. The molecule has 214 valence electrons. The predicted octanol–water partition coefficient (Wildman–Crippen LogP) is 10.1. The average Bonchev–Trinajstić information content (AvgIpc) is 3.61. The molecule has 1 fully saturated rings. The van der Waals surface area contributed by atoms with Crippen LogP contribution in [0.25, 0.3) is 0 Å². The fourth-order valence-electron chi connectivity index (χ4n) is 4.95. The Balaban J connectivity index is 1.91. The number of carbonyl (C=O) groups is 1. The molecule has 0 aromatic heterocycles. The minimum Gasteiger partial charge on any atom is -0.381 e. The molecule has 0 heterocycles. The summed E-state index contributed by atoms with van der Waals surface area (Å²) in [5.41, 5.74) is 0.963. The van der Waals surface area contributed by atoms with Crippen LogP contribution in [-0.2, 0) is 4.79 Å². The molecule has 1 aliphatic carbocycles. The highest BCUT2D eigenvalue weighted by molar-refractivity contribution is 5.88. The smallest absolute Gasteiger partial charge is 0.243 e. The normalized spacial score (nSPS) is 17.0. The van der Waals surface area contributed by atoms with Crippen molar-refractivity contribution >= 4 is 5.91 Å². The van der Waals surface area contributed by atoms with Crippen LogP contribution in [0.15, 0.2) is 36.6 Å². The van der Waals surface area contributed by atoms with Gasteiger partial charge in [0.1, 0.15) is 0 Å². The van der Waals surface area contributed by atoms with Crippen molar-refractivity contribution in [1.29, 1.82) is 0 Å². The first-order chi connectivity index (χ1) is 18.2. The Labute approximate surface area is 231 Å². The SMILES string of the molecule is C=C(/C=C/CCCCCCCCCCCC)N[C@@H]1C[C@@H]1NC(=O)/C=C/CCCCCCCCCCCC. The van der Waals surface area contributed by atoms with Crippen molar-refractivity contribution in [3.05, 3.63) is 36.6 Å². The van der Waals surface area contributed by atoms with E-state index in [1.54, 1.807) is 6.08 Å². The maximum Gasteiger partial charge on any atom is 0.243 e. The van der Waals surface area contributed by atoms with Crippen LogP contribution in [0.4, 0.5) is 0 Å². The molecular formula is C34H62N2O. The van der Waals surface area contributed by atoms with Crippen LogP contribution in [0.3, 0.4) is 0 Å². The summed E-state index contributed by atoms with van der Waals surface area (Å²) in [6.45, 7) is 8.68. The summed E-state index contributed by atoms with van der Waals surface area (Å²) < 4.78 is 0. The summed E-state index contributed by atoms with van der Waals surface area (Å²) in [6, 6.07) is 0.565. The Hall–Kier alpha value is -1.51. The lowest BCUT2D eigenvalue weighted by molar-refractivity contribution is -0.116. The molecule has 0 bridgehead atoms. The van der Waals surface area contributed by atoms with Gasteiger partial charge < -0.3 is 10.6 Å². The predicted molar refractivity (Wildman–Crippen MR) is 164 cm³/mol. The topological polar surface area (TPSA) is 41.1 Å². The van der Waals surface area contributed by atoms with Crippen LogP contribution in [0.2, 0.25) is 0 Å². The molecule has 3 heteroatoms. The minimum atomic E-state index is 0.0449. The highest BCUT2D eigenvalue weighted by Crippen LogP contribution is 2.22. The Morgan fingerprint density at radius 3 is 1.43 bits per heavy atom. The second-order valence-electron chi connectivity index (χ2n) is 11.4. The zero-order valence-corrected chi connectivity index (χ0v) is 24.8. The van der Waals surface area contributed by atoms with E-state index in [-0.39, 0.29) is 11.9 Å². The van der Waals surface area contributed by atoms with Gasteiger partial charge in [-0.15, -0.1) is 0 Å². The second kappa shape index (κ2) is 24.8. The molecule has 3 nitrogen and oxygen atoms in total. The number of hydrogen-bond acceptors (Lipinski definition) is 2. The highest BCUT2D eigenvalue weighted by Gasteiger charge is 2.37. The molecule has 1 aliphatic rings. The first-order valence-electron chi connectivity index (χ1n) is 16.3. The van der Waals surface area contributed by atoms with Gasteiger partial charge in [-0.25, -0.2) is 0 Å². The lowest BCUT2D eigenvalue weighted by atomic mass is 10.1. The van der Waals surface area contributed by atoms with Crippen LogP contribution >= 0.6 is 0 Å². The monoisotopic (exact) mass is 514 g/mol. The zero-order valence-electron chi connectivity index (χ0n) is 24.8. The Kier molecular flexibility index (Phi) is 22.5. The second-order valence-corrected chi connectivity index (χ2v) is 11.4. The molecule has 2 N–H and O–H groups in total. The van der Waals surface area contributed by atoms with Gasteiger partial charge in [-0.05, 0) is 44.3 Å². The largest absolute Gasteiger partial charge is 0.381 e. The third kappa shape index (κ3) is 22.2. The number of unbranched alkanes of at least 4 members (excludes halogenated alkanes) is 20. The number of nitrogens with one attached hydrogen (secondary N) is 2. The molecule has 0 aromatic rings. The van der Waals surface area contributed by atoms with Crippen LogP contribution in [0.5, 0.6) is 0 Å². The van der Waals surface area contributed by atoms with Gasteiger partial charge in [-0.2, -0.15) is 0 Å². The average molecular weight is 515 g/mol. The summed E-state index contributed by atoms with van der Waals surface area (Å²) in [5, 5.41) is 6.55. The number of carbonyl (C=O) groups excluding carboxylic acids is 1. The summed E-state index contributed by atoms with van der Waals surface area (Å²) in [5.74, 6) is 0.0449. The number of allylic oxidation sites excluding steroid dienone is 3. The number of amides is 1. The van der Waals surface area contributed by atoms with Crippen molar-refractivity contribution in [2.45, 2.75) is 174 Å². The maximum absolute atomic E-state index is 12.1. The van der Waals surface area contributed by atoms with E-state index in [0.29, 0.717) is 6.04 Å². The molecule has 0 aromatic carbocycles. The van der Waals surface area contributed by atoms with E-state index in [2.05, 4.69) is 43.2 Å². The molecule has 1 amide bonds. The molecule has 1 saturated carbocycles. The van der Waals surface area contributed by atoms with Gasteiger partial charge in [0.15, 0.2) is 0 Å². The molecule has 0 spiro atoms. The quantitative estimate of drug-likeness (QED) is 0.0650. The Morgan fingerprint density at radius 1 is 0.595 bits per heavy atom. The van der Waals surface area contributed by atoms with E-state index in [4.69, 9.17) is 0 Å². The molecule has 0 aliphatic heterocycles. The zero-order chi connectivity index (χ0) is 26.8. The Bertz CT molecular complexity index is 557. The van der Waals surface area contributed by atoms with Gasteiger partial charge in [-0.3, -0.25) is 4.79 Å². The third-order valence-electron chi connectivity index (χ3n) is 7.53. The van der Waals surface area contributed by atoms with Crippen molar-refractivity contribution in [1.82, 2.24) is 10.6 Å². The van der Waals surface area contributed by atoms with Gasteiger partial charge in [0.2, 0.25) is 5.91 Å².